The molecule has 0 spiro atoms. The first-order chi connectivity index (χ1) is 11.0. The Kier molecular flexibility index (Phi) is 3.53. The first-order valence-corrected chi connectivity index (χ1v) is 9.76. The molecular weight excluding hydrogens is 280 g/mol. The summed E-state index contributed by atoms with van der Waals surface area (Å²) in [6, 6.07) is 0. The van der Waals surface area contributed by atoms with Crippen LogP contribution in [0.2, 0.25) is 0 Å². The molecule has 0 heterocycles. The van der Waals surface area contributed by atoms with Crippen LogP contribution >= 0.6 is 0 Å². The average Bonchev–Trinajstić information content (AvgIpc) is 2.88. The molecule has 0 amide bonds. The van der Waals surface area contributed by atoms with Crippen LogP contribution in [0.1, 0.15) is 71.6 Å². The standard InChI is InChI=1S/C22H30O/c1-4-21(3)12-11-20-19-8-6-15-14-16(23)7-9-17(15)18(19)10-13-22(20,21)5-2/h1,14,17-20H,5-13H2,2-3H3/t17?,18-,19-,20+,21-,22+/m1/s1. The molecule has 1 unspecified atom stereocenters. The van der Waals surface area contributed by atoms with E-state index >= 15 is 0 Å². The summed E-state index contributed by atoms with van der Waals surface area (Å²) in [6.45, 7) is 4.74. The molecule has 124 valence electrons. The Morgan fingerprint density at radius 2 is 2.00 bits per heavy atom. The smallest absolute Gasteiger partial charge is 0.155 e. The van der Waals surface area contributed by atoms with Crippen molar-refractivity contribution in [1.29, 1.82) is 0 Å². The minimum Gasteiger partial charge on any atom is -0.295 e. The van der Waals surface area contributed by atoms with Crippen LogP contribution in [-0.4, -0.2) is 5.78 Å². The number of ketones is 1. The summed E-state index contributed by atoms with van der Waals surface area (Å²) in [4.78, 5) is 11.8. The second-order valence-corrected chi connectivity index (χ2v) is 8.87. The lowest BCUT2D eigenvalue weighted by Crippen LogP contribution is -2.49. The van der Waals surface area contributed by atoms with Gasteiger partial charge in [-0.1, -0.05) is 18.4 Å². The van der Waals surface area contributed by atoms with Gasteiger partial charge in [0, 0.05) is 11.8 Å². The van der Waals surface area contributed by atoms with Crippen LogP contribution in [0.25, 0.3) is 0 Å². The van der Waals surface area contributed by atoms with Gasteiger partial charge in [0.15, 0.2) is 5.78 Å². The zero-order chi connectivity index (χ0) is 16.2. The van der Waals surface area contributed by atoms with Crippen molar-refractivity contribution in [2.45, 2.75) is 71.6 Å². The third-order valence-corrected chi connectivity index (χ3v) is 8.51. The van der Waals surface area contributed by atoms with Crippen molar-refractivity contribution >= 4 is 5.78 Å². The van der Waals surface area contributed by atoms with E-state index in [9.17, 15) is 4.79 Å². The quantitative estimate of drug-likeness (QED) is 0.612. The highest BCUT2D eigenvalue weighted by Crippen LogP contribution is 2.68. The van der Waals surface area contributed by atoms with Gasteiger partial charge in [-0.05, 0) is 93.5 Å². The van der Waals surface area contributed by atoms with E-state index in [-0.39, 0.29) is 5.41 Å². The van der Waals surface area contributed by atoms with Crippen molar-refractivity contribution in [2.75, 3.05) is 0 Å². The number of hydrogen-bond donors (Lipinski definition) is 0. The third-order valence-electron chi connectivity index (χ3n) is 8.51. The molecule has 0 saturated heterocycles. The molecule has 0 radical (unpaired) electrons. The molecule has 3 fully saturated rings. The second kappa shape index (κ2) is 5.23. The van der Waals surface area contributed by atoms with Crippen molar-refractivity contribution in [2.24, 2.45) is 34.5 Å². The van der Waals surface area contributed by atoms with E-state index in [1.807, 2.05) is 6.08 Å². The summed E-state index contributed by atoms with van der Waals surface area (Å²) in [5, 5.41) is 0. The largest absolute Gasteiger partial charge is 0.295 e. The molecule has 0 bridgehead atoms. The highest BCUT2D eigenvalue weighted by atomic mass is 16.1. The first kappa shape index (κ1) is 15.5. The summed E-state index contributed by atoms with van der Waals surface area (Å²) in [5.41, 5.74) is 1.98. The fourth-order valence-corrected chi connectivity index (χ4v) is 7.31. The van der Waals surface area contributed by atoms with Gasteiger partial charge in [-0.15, -0.1) is 6.42 Å². The van der Waals surface area contributed by atoms with Crippen LogP contribution in [0.5, 0.6) is 0 Å². The number of carbonyl (C=O) groups is 1. The molecule has 4 aliphatic rings. The topological polar surface area (TPSA) is 17.1 Å². The third kappa shape index (κ3) is 1.97. The summed E-state index contributed by atoms with van der Waals surface area (Å²) in [5.74, 6) is 6.82. The minimum absolute atomic E-state index is 0.107. The van der Waals surface area contributed by atoms with E-state index in [0.29, 0.717) is 17.1 Å². The summed E-state index contributed by atoms with van der Waals surface area (Å²) in [6.07, 6.45) is 18.8. The normalized spacial score (nSPS) is 48.7. The van der Waals surface area contributed by atoms with Gasteiger partial charge in [-0.2, -0.15) is 0 Å². The van der Waals surface area contributed by atoms with E-state index in [1.165, 1.54) is 50.5 Å². The monoisotopic (exact) mass is 310 g/mol. The van der Waals surface area contributed by atoms with E-state index in [4.69, 9.17) is 6.42 Å². The molecule has 0 aromatic carbocycles. The Balaban J connectivity index is 1.67. The van der Waals surface area contributed by atoms with Crippen molar-refractivity contribution < 1.29 is 4.79 Å². The number of hydrogen-bond acceptors (Lipinski definition) is 1. The summed E-state index contributed by atoms with van der Waals surface area (Å²) in [7, 11) is 0. The lowest BCUT2D eigenvalue weighted by atomic mass is 9.48. The van der Waals surface area contributed by atoms with Crippen LogP contribution in [0, 0.1) is 46.8 Å². The number of allylic oxidation sites excluding steroid dienone is 1. The number of fused-ring (bicyclic) bond motifs is 5. The van der Waals surface area contributed by atoms with E-state index < -0.39 is 0 Å². The van der Waals surface area contributed by atoms with Crippen molar-refractivity contribution in [3.8, 4) is 12.3 Å². The van der Waals surface area contributed by atoms with E-state index in [0.717, 1.165) is 30.6 Å². The molecule has 4 rings (SSSR count). The van der Waals surface area contributed by atoms with E-state index in [1.54, 1.807) is 0 Å². The maximum atomic E-state index is 11.8. The van der Waals surface area contributed by atoms with Gasteiger partial charge in [0.1, 0.15) is 0 Å². The Hall–Kier alpha value is -1.03. The van der Waals surface area contributed by atoms with Crippen LogP contribution in [0.4, 0.5) is 0 Å². The van der Waals surface area contributed by atoms with Crippen LogP contribution in [-0.2, 0) is 4.79 Å². The maximum absolute atomic E-state index is 11.8. The van der Waals surface area contributed by atoms with Gasteiger partial charge in [0.05, 0.1) is 0 Å². The Bertz CT molecular complexity index is 594. The SMILES string of the molecule is C#C[C@]1(C)CC[C@H]2[C@@H]3CCC4=CC(=O)CCC4[C@H]3CC[C@@]21CC. The fraction of sp³-hybridized carbons (Fsp3) is 0.773. The van der Waals surface area contributed by atoms with Crippen molar-refractivity contribution in [3.05, 3.63) is 11.6 Å². The predicted molar refractivity (Wildman–Crippen MR) is 93.7 cm³/mol. The van der Waals surface area contributed by atoms with Crippen molar-refractivity contribution in [3.63, 3.8) is 0 Å². The van der Waals surface area contributed by atoms with Crippen LogP contribution < -0.4 is 0 Å². The molecule has 0 aliphatic heterocycles. The maximum Gasteiger partial charge on any atom is 0.155 e. The number of terminal acetylenes is 1. The molecule has 6 atom stereocenters. The Labute approximate surface area is 141 Å². The van der Waals surface area contributed by atoms with Crippen LogP contribution in [0.3, 0.4) is 0 Å². The van der Waals surface area contributed by atoms with Gasteiger partial charge in [0.25, 0.3) is 0 Å². The van der Waals surface area contributed by atoms with Gasteiger partial charge in [-0.3, -0.25) is 4.79 Å². The second-order valence-electron chi connectivity index (χ2n) is 8.87. The summed E-state index contributed by atoms with van der Waals surface area (Å²) < 4.78 is 0. The number of rotatable bonds is 1. The molecule has 0 aromatic heterocycles. The van der Waals surface area contributed by atoms with Crippen LogP contribution in [0.15, 0.2) is 11.6 Å². The fourth-order valence-electron chi connectivity index (χ4n) is 7.31. The van der Waals surface area contributed by atoms with Gasteiger partial charge in [0.2, 0.25) is 0 Å². The molecular formula is C22H30O. The van der Waals surface area contributed by atoms with Crippen molar-refractivity contribution in [1.82, 2.24) is 0 Å². The average molecular weight is 310 g/mol. The zero-order valence-corrected chi connectivity index (χ0v) is 14.7. The Morgan fingerprint density at radius 3 is 2.74 bits per heavy atom. The predicted octanol–water partition coefficient (Wildman–Crippen LogP) is 5.16. The highest BCUT2D eigenvalue weighted by molar-refractivity contribution is 5.91. The van der Waals surface area contributed by atoms with Gasteiger partial charge >= 0.3 is 0 Å². The molecule has 4 aliphatic carbocycles. The lowest BCUT2D eigenvalue weighted by Gasteiger charge is -2.56. The minimum atomic E-state index is 0.107. The number of carbonyl (C=O) groups excluding carboxylic acids is 1. The first-order valence-electron chi connectivity index (χ1n) is 9.76. The molecule has 0 aromatic rings. The lowest BCUT2D eigenvalue weighted by molar-refractivity contribution is -0.116. The highest BCUT2D eigenvalue weighted by Gasteiger charge is 2.61. The zero-order valence-electron chi connectivity index (χ0n) is 14.7. The molecule has 1 heteroatoms. The Morgan fingerprint density at radius 1 is 1.17 bits per heavy atom. The van der Waals surface area contributed by atoms with Gasteiger partial charge < -0.3 is 0 Å². The summed E-state index contributed by atoms with van der Waals surface area (Å²) >= 11 is 0. The van der Waals surface area contributed by atoms with E-state index in [2.05, 4.69) is 19.8 Å². The molecule has 1 nitrogen and oxygen atoms in total. The van der Waals surface area contributed by atoms with Gasteiger partial charge in [-0.25, -0.2) is 0 Å². The molecule has 3 saturated carbocycles. The molecule has 0 N–H and O–H groups in total. The molecule has 23 heavy (non-hydrogen) atoms.